The molecular weight excluding hydrogens is 1270 g/mol. The Kier molecular flexibility index (Phi) is 21.3. The first-order chi connectivity index (χ1) is 48.2. The van der Waals surface area contributed by atoms with Crippen LogP contribution in [0.3, 0.4) is 0 Å². The Labute approximate surface area is 568 Å². The predicted molar refractivity (Wildman–Crippen MR) is 353 cm³/mol. The van der Waals surface area contributed by atoms with Gasteiger partial charge in [-0.1, -0.05) is 170 Å². The Morgan fingerprint density at radius 1 is 0.394 bits per heavy atom. The smallest absolute Gasteiger partial charge is 0.407 e. The minimum atomic E-state index is -1.97. The van der Waals surface area contributed by atoms with Crippen LogP contribution in [0.25, 0.3) is 11.1 Å². The van der Waals surface area contributed by atoms with E-state index in [1.54, 1.807) is 109 Å². The van der Waals surface area contributed by atoms with Crippen molar-refractivity contribution in [2.75, 3.05) is 13.2 Å². The lowest BCUT2D eigenvalue weighted by Gasteiger charge is -2.48. The number of carbonyl (C=O) groups is 8. The number of amides is 1. The van der Waals surface area contributed by atoms with E-state index in [0.29, 0.717) is 5.56 Å². The third kappa shape index (κ3) is 16.2. The molecule has 0 saturated carbocycles. The summed E-state index contributed by atoms with van der Waals surface area (Å²) in [5.41, 5.74) is 4.72. The number of hydrogen-bond acceptors (Lipinski definition) is 19. The summed E-state index contributed by atoms with van der Waals surface area (Å²) in [6.07, 6.45) is -18.8. The summed E-state index contributed by atoms with van der Waals surface area (Å²) in [7, 11) is 0. The number of esters is 6. The summed E-state index contributed by atoms with van der Waals surface area (Å²) in [5, 5.41) is 12.9. The van der Waals surface area contributed by atoms with E-state index in [2.05, 4.69) is 5.32 Å². The summed E-state index contributed by atoms with van der Waals surface area (Å²) in [6, 6.07) is 67.1. The number of carboxylic acids is 1. The van der Waals surface area contributed by atoms with Crippen molar-refractivity contribution in [2.45, 2.75) is 86.7 Å². The molecule has 21 heteroatoms. The van der Waals surface area contributed by atoms with Crippen molar-refractivity contribution in [1.29, 1.82) is 0 Å². The molecule has 9 aromatic rings. The predicted octanol–water partition coefficient (Wildman–Crippen LogP) is 11.4. The van der Waals surface area contributed by atoms with E-state index in [0.717, 1.165) is 22.3 Å². The van der Waals surface area contributed by atoms with Crippen molar-refractivity contribution < 1.29 is 95.6 Å². The molecule has 2 heterocycles. The number of alkyl carbamates (subject to hydrolysis) is 1. The molecule has 21 nitrogen and oxygen atoms in total. The molecule has 0 unspecified atom stereocenters. The second-order valence-corrected chi connectivity index (χ2v) is 23.3. The molecule has 0 bridgehead atoms. The van der Waals surface area contributed by atoms with Gasteiger partial charge in [0.25, 0.3) is 0 Å². The molecule has 99 heavy (non-hydrogen) atoms. The molecule has 1 amide bonds. The zero-order valence-corrected chi connectivity index (χ0v) is 53.0. The van der Waals surface area contributed by atoms with E-state index in [1.807, 2.05) is 48.5 Å². The maximum atomic E-state index is 14.8. The van der Waals surface area contributed by atoms with Crippen molar-refractivity contribution in [2.24, 2.45) is 0 Å². The number of nitrogens with one attached hydrogen (secondary N) is 1. The normalized spacial score (nSPS) is 20.9. The van der Waals surface area contributed by atoms with Crippen LogP contribution < -0.4 is 10.1 Å². The molecule has 502 valence electrons. The Morgan fingerprint density at radius 3 is 1.22 bits per heavy atom. The Hall–Kier alpha value is -11.8. The summed E-state index contributed by atoms with van der Waals surface area (Å²) in [5.74, 6) is -7.24. The average molecular weight is 1340 g/mol. The second kappa shape index (κ2) is 31.4. The number of carbonyl (C=O) groups excluding carboxylic acids is 7. The standard InChI is InChI=1S/C78H65NO20/c1-47-63(94-71(83)50-26-10-3-11-27-50)65(96-73(85)52-30-14-5-15-31-52)67(97-74(86)53-32-16-6-17-33-53)76(91-47)99-66-64(95-72(84)51-28-12-4-13-29-51)62(46-89-70(82)49-24-8-2-9-25-49)93-77(68(66)98-75(87)54-34-18-7-19-35-54)92-55-42-40-48(41-43-55)44-61(69(80)81)79-78(88)90-45-60-58-38-22-20-36-56(58)57-37-21-23-39-59(57)60/h2-43,47,60-68,76-77H,44-46H2,1H3,(H,79,88)(H,80,81)/t47-,61-,62+,63-,64-,65+,66-,67+,68+,76-,77+/m0/s1. The van der Waals surface area contributed by atoms with Crippen molar-refractivity contribution in [3.8, 4) is 16.9 Å². The fraction of sp³-hybridized carbons (Fsp3) is 0.205. The van der Waals surface area contributed by atoms with Crippen LogP contribution in [0.15, 0.2) is 255 Å². The van der Waals surface area contributed by atoms with Gasteiger partial charge in [-0.15, -0.1) is 0 Å². The lowest BCUT2D eigenvalue weighted by molar-refractivity contribution is -0.346. The van der Waals surface area contributed by atoms with E-state index < -0.39 is 122 Å². The molecular formula is C78H65NO20. The number of fused-ring (bicyclic) bond motifs is 3. The van der Waals surface area contributed by atoms with E-state index in [4.69, 9.17) is 52.1 Å². The molecule has 2 saturated heterocycles. The zero-order valence-electron chi connectivity index (χ0n) is 53.0. The van der Waals surface area contributed by atoms with Gasteiger partial charge in [0.2, 0.25) is 6.29 Å². The van der Waals surface area contributed by atoms with Gasteiger partial charge in [0.05, 0.1) is 39.5 Å². The SMILES string of the molecule is C[C@@H]1O[C@@H](O[C@H]2[C@@H](OC(=O)c3ccccc3)[C@@H](COC(=O)c3ccccc3)O[C@@H](Oc3ccc(C[C@H](NC(=O)OCC4c5ccccc5-c5ccccc54)C(=O)O)cc3)[C@@H]2OC(=O)c2ccccc2)[C@H](OC(=O)c2ccccc2)[C@H](OC(=O)c2ccccc2)[C@H]1OC(=O)c1ccccc1. The molecule has 11 atom stereocenters. The maximum Gasteiger partial charge on any atom is 0.407 e. The number of rotatable bonds is 23. The fourth-order valence-electron chi connectivity index (χ4n) is 11.9. The topological polar surface area (TPSA) is 270 Å². The molecule has 1 aliphatic carbocycles. The Morgan fingerprint density at radius 2 is 0.778 bits per heavy atom. The lowest BCUT2D eigenvalue weighted by Crippen LogP contribution is -2.67. The lowest BCUT2D eigenvalue weighted by atomic mass is 9.95. The van der Waals surface area contributed by atoms with Crippen LogP contribution in [0, 0.1) is 0 Å². The highest BCUT2D eigenvalue weighted by Crippen LogP contribution is 2.45. The maximum absolute atomic E-state index is 14.8. The van der Waals surface area contributed by atoms with Crippen molar-refractivity contribution in [1.82, 2.24) is 5.32 Å². The van der Waals surface area contributed by atoms with E-state index in [-0.39, 0.29) is 58.1 Å². The van der Waals surface area contributed by atoms with E-state index in [1.165, 1.54) is 104 Å². The van der Waals surface area contributed by atoms with Crippen LogP contribution in [0.4, 0.5) is 4.79 Å². The minimum absolute atomic E-state index is 0.00700. The highest BCUT2D eigenvalue weighted by molar-refractivity contribution is 5.93. The highest BCUT2D eigenvalue weighted by atomic mass is 16.8. The van der Waals surface area contributed by atoms with Gasteiger partial charge in [0.15, 0.2) is 36.8 Å². The number of ether oxygens (including phenoxy) is 11. The first kappa shape index (κ1) is 67.2. The van der Waals surface area contributed by atoms with E-state index >= 15 is 0 Å². The van der Waals surface area contributed by atoms with Crippen molar-refractivity contribution in [3.63, 3.8) is 0 Å². The van der Waals surface area contributed by atoms with Gasteiger partial charge in [0.1, 0.15) is 37.2 Å². The van der Waals surface area contributed by atoms with Crippen LogP contribution in [0.1, 0.15) is 91.7 Å². The molecule has 0 spiro atoms. The Bertz CT molecular complexity index is 4260. The molecule has 0 aromatic heterocycles. The van der Waals surface area contributed by atoms with Gasteiger partial charge in [0, 0.05) is 12.3 Å². The molecule has 0 radical (unpaired) electrons. The molecule has 2 aliphatic heterocycles. The summed E-state index contributed by atoms with van der Waals surface area (Å²) in [4.78, 5) is 113. The molecule has 2 N–H and O–H groups in total. The fourth-order valence-corrected chi connectivity index (χ4v) is 11.9. The monoisotopic (exact) mass is 1340 g/mol. The molecule has 2 fully saturated rings. The summed E-state index contributed by atoms with van der Waals surface area (Å²) < 4.78 is 70.5. The van der Waals surface area contributed by atoms with Gasteiger partial charge in [-0.2, -0.15) is 0 Å². The third-order valence-corrected chi connectivity index (χ3v) is 16.8. The molecule has 3 aliphatic rings. The minimum Gasteiger partial charge on any atom is -0.480 e. The molecule has 12 rings (SSSR count). The second-order valence-electron chi connectivity index (χ2n) is 23.3. The zero-order chi connectivity index (χ0) is 68.8. The first-order valence-electron chi connectivity index (χ1n) is 31.8. The number of aliphatic carboxylic acids is 1. The molecule has 9 aromatic carbocycles. The largest absolute Gasteiger partial charge is 0.480 e. The summed E-state index contributed by atoms with van der Waals surface area (Å²) in [6.45, 7) is 0.711. The quantitative estimate of drug-likeness (QED) is 0.0445. The van der Waals surface area contributed by atoms with Crippen LogP contribution in [-0.2, 0) is 58.6 Å². The van der Waals surface area contributed by atoms with Crippen LogP contribution in [-0.4, -0.2) is 134 Å². The van der Waals surface area contributed by atoms with Gasteiger partial charge in [-0.25, -0.2) is 38.4 Å². The number of hydrogen-bond donors (Lipinski definition) is 2. The average Bonchev–Trinajstić information content (AvgIpc) is 1.75. The number of carboxylic acid groups (broad SMARTS) is 1. The number of benzene rings is 9. The van der Waals surface area contributed by atoms with E-state index in [9.17, 15) is 43.5 Å². The van der Waals surface area contributed by atoms with Gasteiger partial charge in [-0.05, 0) is 120 Å². The van der Waals surface area contributed by atoms with Gasteiger partial charge < -0.3 is 62.5 Å². The summed E-state index contributed by atoms with van der Waals surface area (Å²) >= 11 is 0. The van der Waals surface area contributed by atoms with Crippen molar-refractivity contribution >= 4 is 47.9 Å². The first-order valence-corrected chi connectivity index (χ1v) is 31.8. The highest BCUT2D eigenvalue weighted by Gasteiger charge is 2.58. The van der Waals surface area contributed by atoms with Crippen LogP contribution in [0.2, 0.25) is 0 Å². The van der Waals surface area contributed by atoms with Crippen LogP contribution >= 0.6 is 0 Å². The van der Waals surface area contributed by atoms with Gasteiger partial charge in [-0.3, -0.25) is 0 Å². The van der Waals surface area contributed by atoms with Crippen LogP contribution in [0.5, 0.6) is 5.75 Å². The Balaban J connectivity index is 0.909. The third-order valence-electron chi connectivity index (χ3n) is 16.8. The van der Waals surface area contributed by atoms with Crippen molar-refractivity contribution in [3.05, 3.63) is 305 Å². The van der Waals surface area contributed by atoms with Gasteiger partial charge >= 0.3 is 47.9 Å².